The predicted octanol–water partition coefficient (Wildman–Crippen LogP) is 6.60. The molecular weight excluding hydrogens is 409 g/mol. The molecule has 3 aromatic carbocycles. The number of rotatable bonds is 8. The molecule has 0 spiro atoms. The molecule has 1 unspecified atom stereocenters. The molecule has 0 aliphatic carbocycles. The fourth-order valence-corrected chi connectivity index (χ4v) is 4.09. The quantitative estimate of drug-likeness (QED) is 0.129. The third-order valence-corrected chi connectivity index (χ3v) is 5.91. The van der Waals surface area contributed by atoms with Crippen LogP contribution in [0, 0.1) is 0 Å². The number of aliphatic imine (C=N–C) groups is 1. The van der Waals surface area contributed by atoms with E-state index >= 15 is 0 Å². The molecule has 3 aromatic rings. The van der Waals surface area contributed by atoms with Gasteiger partial charge >= 0.3 is 0 Å². The molecule has 0 radical (unpaired) electrons. The van der Waals surface area contributed by atoms with Gasteiger partial charge in [-0.05, 0) is 36.6 Å². The van der Waals surface area contributed by atoms with Gasteiger partial charge in [-0.3, -0.25) is 4.99 Å². The lowest BCUT2D eigenvalue weighted by Crippen LogP contribution is -2.49. The summed E-state index contributed by atoms with van der Waals surface area (Å²) in [6.07, 6.45) is 2.45. The van der Waals surface area contributed by atoms with E-state index in [4.69, 9.17) is 0 Å². The molecule has 0 aromatic heterocycles. The van der Waals surface area contributed by atoms with Crippen molar-refractivity contribution in [2.45, 2.75) is 25.7 Å². The van der Waals surface area contributed by atoms with Gasteiger partial charge in [0.05, 0.1) is 0 Å². The minimum absolute atomic E-state index is 0.696. The Morgan fingerprint density at radius 1 is 0.879 bits per heavy atom. The van der Waals surface area contributed by atoms with Gasteiger partial charge in [0.2, 0.25) is 0 Å². The smallest absolute Gasteiger partial charge is 0.168 e. The molecule has 3 rings (SSSR count). The number of alkyl halides is 1. The maximum atomic E-state index is 13.8. The molecule has 0 saturated carbocycles. The van der Waals surface area contributed by atoms with E-state index in [0.717, 1.165) is 22.5 Å². The summed E-state index contributed by atoms with van der Waals surface area (Å²) in [7, 11) is 3.49. The van der Waals surface area contributed by atoms with Gasteiger partial charge in [-0.15, -0.1) is 0 Å². The van der Waals surface area contributed by atoms with Gasteiger partial charge in [0.1, 0.15) is 11.4 Å². The van der Waals surface area contributed by atoms with E-state index in [1.54, 1.807) is 20.3 Å². The molecule has 0 saturated heterocycles. The van der Waals surface area contributed by atoms with Crippen LogP contribution >= 0.6 is 0 Å². The number of allylic oxidation sites excluding steroid dienone is 1. The van der Waals surface area contributed by atoms with Crippen molar-refractivity contribution < 1.29 is 4.39 Å². The lowest BCUT2D eigenvalue weighted by Gasteiger charge is -2.47. The minimum atomic E-state index is -1.11. The van der Waals surface area contributed by atoms with E-state index in [0.29, 0.717) is 5.70 Å². The van der Waals surface area contributed by atoms with Gasteiger partial charge in [-0.1, -0.05) is 97.6 Å². The number of hydrogen-bond acceptors (Lipinski definition) is 2. The highest BCUT2D eigenvalue weighted by molar-refractivity contribution is 5.84. The summed E-state index contributed by atoms with van der Waals surface area (Å²) in [4.78, 5) is 8.22. The summed E-state index contributed by atoms with van der Waals surface area (Å²) < 4.78 is 13.8. The van der Waals surface area contributed by atoms with Gasteiger partial charge in [0.15, 0.2) is 6.30 Å². The Balaban J connectivity index is 2.38. The molecule has 0 aliphatic heterocycles. The molecule has 0 fully saturated rings. The third kappa shape index (κ3) is 4.90. The normalized spacial score (nSPS) is 13.1. The summed E-state index contributed by atoms with van der Waals surface area (Å²) in [6, 6.07) is 31.1. The highest BCUT2D eigenvalue weighted by atomic mass is 19.1. The number of halogens is 1. The highest BCUT2D eigenvalue weighted by Crippen LogP contribution is 2.44. The summed E-state index contributed by atoms with van der Waals surface area (Å²) in [6.45, 7) is 7.89. The molecule has 4 heteroatoms. The Labute approximate surface area is 197 Å². The zero-order chi connectivity index (χ0) is 23.8. The molecular formula is C29H32FN3. The fourth-order valence-electron chi connectivity index (χ4n) is 4.09. The van der Waals surface area contributed by atoms with Gasteiger partial charge < -0.3 is 9.80 Å². The van der Waals surface area contributed by atoms with Crippen molar-refractivity contribution in [1.29, 1.82) is 0 Å². The molecule has 33 heavy (non-hydrogen) atoms. The largest absolute Gasteiger partial charge is 0.352 e. The standard InChI is InChI=1S/C29H32FN3/c1-23(21-22-32(5)24(2)30)33(25(3)31-4)29(26-15-9-6-10-16-26,27-17-11-7-12-18-27)28-19-13-8-14-20-28/h6-22,24H,1H2,2-5H3/b22-21-,31-25+. The Morgan fingerprint density at radius 3 is 1.61 bits per heavy atom. The van der Waals surface area contributed by atoms with E-state index in [1.165, 1.54) is 11.8 Å². The van der Waals surface area contributed by atoms with Crippen LogP contribution in [-0.2, 0) is 5.54 Å². The van der Waals surface area contributed by atoms with Crippen LogP contribution in [0.4, 0.5) is 4.39 Å². The van der Waals surface area contributed by atoms with E-state index < -0.39 is 11.8 Å². The van der Waals surface area contributed by atoms with Crippen molar-refractivity contribution in [3.63, 3.8) is 0 Å². The first kappa shape index (κ1) is 24.0. The predicted molar refractivity (Wildman–Crippen MR) is 137 cm³/mol. The topological polar surface area (TPSA) is 18.8 Å². The molecule has 1 atom stereocenters. The second-order valence-electron chi connectivity index (χ2n) is 7.96. The van der Waals surface area contributed by atoms with Crippen LogP contribution in [0.1, 0.15) is 30.5 Å². The van der Waals surface area contributed by atoms with Crippen LogP contribution in [0.5, 0.6) is 0 Å². The number of benzene rings is 3. The second-order valence-corrected chi connectivity index (χ2v) is 7.96. The highest BCUT2D eigenvalue weighted by Gasteiger charge is 2.43. The van der Waals surface area contributed by atoms with E-state index in [-0.39, 0.29) is 0 Å². The lowest BCUT2D eigenvalue weighted by atomic mass is 9.75. The molecule has 0 bridgehead atoms. The number of amidine groups is 1. The zero-order valence-corrected chi connectivity index (χ0v) is 19.8. The van der Waals surface area contributed by atoms with E-state index in [2.05, 4.69) is 52.9 Å². The maximum Gasteiger partial charge on any atom is 0.168 e. The van der Waals surface area contributed by atoms with Crippen LogP contribution < -0.4 is 0 Å². The van der Waals surface area contributed by atoms with Gasteiger partial charge in [0, 0.05) is 26.0 Å². The van der Waals surface area contributed by atoms with Gasteiger partial charge in [0.25, 0.3) is 0 Å². The van der Waals surface area contributed by atoms with Crippen LogP contribution in [0.15, 0.2) is 121 Å². The average molecular weight is 442 g/mol. The van der Waals surface area contributed by atoms with Crippen molar-refractivity contribution in [3.05, 3.63) is 132 Å². The van der Waals surface area contributed by atoms with Crippen molar-refractivity contribution in [3.8, 4) is 0 Å². The van der Waals surface area contributed by atoms with Crippen molar-refractivity contribution in [2.24, 2.45) is 4.99 Å². The molecule has 0 amide bonds. The summed E-state index contributed by atoms with van der Waals surface area (Å²) in [5.74, 6) is 0.789. The Kier molecular flexibility index (Phi) is 7.83. The van der Waals surface area contributed by atoms with Crippen LogP contribution in [0.2, 0.25) is 0 Å². The van der Waals surface area contributed by atoms with Crippen molar-refractivity contribution in [2.75, 3.05) is 14.1 Å². The summed E-state index contributed by atoms with van der Waals surface area (Å²) >= 11 is 0. The molecule has 3 nitrogen and oxygen atoms in total. The molecule has 0 heterocycles. The first-order valence-electron chi connectivity index (χ1n) is 11.1. The van der Waals surface area contributed by atoms with Gasteiger partial charge in [-0.2, -0.15) is 0 Å². The Bertz CT molecular complexity index is 993. The first-order valence-corrected chi connectivity index (χ1v) is 11.1. The maximum absolute atomic E-state index is 13.8. The zero-order valence-electron chi connectivity index (χ0n) is 19.8. The SMILES string of the molecule is C=C(/C=C\N(C)C(C)F)N(/C(C)=N/C)C(c1ccccc1)(c1ccccc1)c1ccccc1. The van der Waals surface area contributed by atoms with E-state index in [9.17, 15) is 4.39 Å². The van der Waals surface area contributed by atoms with Crippen LogP contribution in [0.3, 0.4) is 0 Å². The fraction of sp³-hybridized carbons (Fsp3) is 0.207. The summed E-state index contributed by atoms with van der Waals surface area (Å²) in [5, 5.41) is 0. The monoisotopic (exact) mass is 441 g/mol. The Hall–Kier alpha value is -3.66. The first-order chi connectivity index (χ1) is 15.9. The third-order valence-electron chi connectivity index (χ3n) is 5.91. The Morgan fingerprint density at radius 2 is 1.27 bits per heavy atom. The van der Waals surface area contributed by atoms with Crippen molar-refractivity contribution in [1.82, 2.24) is 9.80 Å². The molecule has 170 valence electrons. The minimum Gasteiger partial charge on any atom is -0.352 e. The van der Waals surface area contributed by atoms with Crippen LogP contribution in [0.25, 0.3) is 0 Å². The molecule has 0 aliphatic rings. The average Bonchev–Trinajstić information content (AvgIpc) is 2.86. The number of nitrogens with zero attached hydrogens (tertiary/aromatic N) is 3. The van der Waals surface area contributed by atoms with Crippen molar-refractivity contribution >= 4 is 5.84 Å². The second kappa shape index (κ2) is 10.8. The molecule has 0 N–H and O–H groups in total. The lowest BCUT2D eigenvalue weighted by molar-refractivity contribution is 0.179. The van der Waals surface area contributed by atoms with Gasteiger partial charge in [-0.25, -0.2) is 4.39 Å². The van der Waals surface area contributed by atoms with E-state index in [1.807, 2.05) is 67.6 Å². The summed E-state index contributed by atoms with van der Waals surface area (Å²) in [5.41, 5.74) is 3.18. The van der Waals surface area contributed by atoms with Crippen LogP contribution in [-0.4, -0.2) is 36.0 Å². The number of hydrogen-bond donors (Lipinski definition) is 0.